The predicted octanol–water partition coefficient (Wildman–Crippen LogP) is 5.68. The minimum absolute atomic E-state index is 0.00135. The first-order valence-electron chi connectivity index (χ1n) is 11.0. The Morgan fingerprint density at radius 3 is 1.94 bits per heavy atom. The summed E-state index contributed by atoms with van der Waals surface area (Å²) in [5, 5.41) is 5.68. The maximum absolute atomic E-state index is 11.7. The summed E-state index contributed by atoms with van der Waals surface area (Å²) in [6.07, 6.45) is 6.57. The standard InChI is InChI=1S/C20H40N2O4S5/c1-3-13-28-29-14-8-15-30-31-17-12-26-18-25-11-16-27-20(24)22-10-7-5-4-6-9-21-19(2)23/h3-18H2,1-2H3,(H,21,23)(H,22,24). The second-order valence-corrected chi connectivity index (χ2v) is 13.0. The fourth-order valence-electron chi connectivity index (χ4n) is 2.07. The lowest BCUT2D eigenvalue weighted by molar-refractivity contribution is -0.118. The van der Waals surface area contributed by atoms with Gasteiger partial charge in [0.15, 0.2) is 0 Å². The SMILES string of the molecule is CCCSSCCCSSCCOCOCCSC(=O)NCCCCCCNC(C)=O. The van der Waals surface area contributed by atoms with Crippen LogP contribution in [0, 0.1) is 0 Å². The second-order valence-electron chi connectivity index (χ2n) is 6.54. The minimum Gasteiger partial charge on any atom is -0.356 e. The van der Waals surface area contributed by atoms with Crippen LogP contribution >= 0.6 is 54.9 Å². The van der Waals surface area contributed by atoms with Crippen LogP contribution < -0.4 is 10.6 Å². The third-order valence-corrected chi connectivity index (χ3v) is 9.52. The second kappa shape index (κ2) is 26.9. The Labute approximate surface area is 209 Å². The summed E-state index contributed by atoms with van der Waals surface area (Å²) in [5.41, 5.74) is 0. The quantitative estimate of drug-likeness (QED) is 0.0981. The zero-order chi connectivity index (χ0) is 22.8. The third kappa shape index (κ3) is 28.6. The Balaban J connectivity index is 3.15. The van der Waals surface area contributed by atoms with Gasteiger partial charge in [0, 0.05) is 48.8 Å². The Hall–Kier alpha value is 0.610. The molecule has 0 spiro atoms. The van der Waals surface area contributed by atoms with Crippen molar-refractivity contribution < 1.29 is 19.1 Å². The number of carbonyl (C=O) groups excluding carboxylic acids is 2. The van der Waals surface area contributed by atoms with Crippen LogP contribution in [-0.4, -0.2) is 73.0 Å². The lowest BCUT2D eigenvalue weighted by Gasteiger charge is -2.07. The maximum Gasteiger partial charge on any atom is 0.279 e. The highest BCUT2D eigenvalue weighted by Gasteiger charge is 2.01. The molecule has 0 fully saturated rings. The van der Waals surface area contributed by atoms with Crippen LogP contribution in [0.4, 0.5) is 4.79 Å². The summed E-state index contributed by atoms with van der Waals surface area (Å²) in [4.78, 5) is 22.4. The highest BCUT2D eigenvalue weighted by atomic mass is 33.1. The Kier molecular flexibility index (Phi) is 27.4. The Morgan fingerprint density at radius 1 is 0.710 bits per heavy atom. The molecular weight excluding hydrogens is 493 g/mol. The minimum atomic E-state index is -0.00135. The maximum atomic E-state index is 11.7. The zero-order valence-corrected chi connectivity index (χ0v) is 23.1. The van der Waals surface area contributed by atoms with E-state index in [1.54, 1.807) is 0 Å². The lowest BCUT2D eigenvalue weighted by Crippen LogP contribution is -2.21. The first-order valence-corrected chi connectivity index (χ1v) is 16.9. The summed E-state index contributed by atoms with van der Waals surface area (Å²) in [6, 6.07) is 0. The van der Waals surface area contributed by atoms with Crippen molar-refractivity contribution >= 4 is 66.1 Å². The van der Waals surface area contributed by atoms with E-state index in [0.29, 0.717) is 25.5 Å². The Bertz CT molecular complexity index is 423. The van der Waals surface area contributed by atoms with E-state index in [-0.39, 0.29) is 17.9 Å². The van der Waals surface area contributed by atoms with Gasteiger partial charge in [-0.3, -0.25) is 9.59 Å². The molecule has 0 heterocycles. The molecule has 0 saturated heterocycles. The Morgan fingerprint density at radius 2 is 1.29 bits per heavy atom. The van der Waals surface area contributed by atoms with E-state index in [2.05, 4.69) is 17.6 Å². The number of hydrogen-bond acceptors (Lipinski definition) is 9. The van der Waals surface area contributed by atoms with Gasteiger partial charge < -0.3 is 20.1 Å². The fraction of sp³-hybridized carbons (Fsp3) is 0.900. The largest absolute Gasteiger partial charge is 0.356 e. The van der Waals surface area contributed by atoms with Crippen molar-refractivity contribution in [3.63, 3.8) is 0 Å². The van der Waals surface area contributed by atoms with Gasteiger partial charge in [-0.25, -0.2) is 0 Å². The van der Waals surface area contributed by atoms with E-state index >= 15 is 0 Å². The molecular formula is C20H40N2O4S5. The summed E-state index contributed by atoms with van der Waals surface area (Å²) in [6.45, 7) is 6.67. The number of hydrogen-bond donors (Lipinski definition) is 2. The lowest BCUT2D eigenvalue weighted by atomic mass is 10.2. The zero-order valence-electron chi connectivity index (χ0n) is 19.0. The van der Waals surface area contributed by atoms with E-state index in [0.717, 1.165) is 38.0 Å². The first kappa shape index (κ1) is 31.6. The molecule has 184 valence electrons. The third-order valence-electron chi connectivity index (χ3n) is 3.59. The van der Waals surface area contributed by atoms with Crippen molar-refractivity contribution in [1.29, 1.82) is 0 Å². The van der Waals surface area contributed by atoms with Crippen molar-refractivity contribution in [2.75, 3.05) is 61.9 Å². The number of thioether (sulfide) groups is 1. The number of ether oxygens (including phenoxy) is 2. The monoisotopic (exact) mass is 532 g/mol. The van der Waals surface area contributed by atoms with Crippen LogP contribution in [0.2, 0.25) is 0 Å². The van der Waals surface area contributed by atoms with Crippen molar-refractivity contribution in [1.82, 2.24) is 10.6 Å². The van der Waals surface area contributed by atoms with Gasteiger partial charge in [-0.05, 0) is 25.7 Å². The van der Waals surface area contributed by atoms with Crippen LogP contribution in [0.3, 0.4) is 0 Å². The van der Waals surface area contributed by atoms with Gasteiger partial charge in [0.1, 0.15) is 6.79 Å². The van der Waals surface area contributed by atoms with Crippen molar-refractivity contribution in [2.24, 2.45) is 0 Å². The smallest absolute Gasteiger partial charge is 0.279 e. The van der Waals surface area contributed by atoms with E-state index in [1.807, 2.05) is 43.2 Å². The first-order chi connectivity index (χ1) is 15.2. The molecule has 0 radical (unpaired) electrons. The molecule has 0 saturated carbocycles. The highest BCUT2D eigenvalue weighted by Crippen LogP contribution is 2.26. The number of amides is 2. The average Bonchev–Trinajstić information content (AvgIpc) is 2.75. The van der Waals surface area contributed by atoms with Gasteiger partial charge in [-0.15, -0.1) is 0 Å². The van der Waals surface area contributed by atoms with Crippen molar-refractivity contribution in [3.05, 3.63) is 0 Å². The molecule has 0 aliphatic heterocycles. The van der Waals surface area contributed by atoms with E-state index < -0.39 is 0 Å². The van der Waals surface area contributed by atoms with Gasteiger partial charge in [0.25, 0.3) is 5.24 Å². The van der Waals surface area contributed by atoms with Crippen LogP contribution in [0.15, 0.2) is 0 Å². The molecule has 0 rings (SSSR count). The molecule has 2 amide bonds. The van der Waals surface area contributed by atoms with E-state index in [1.165, 1.54) is 48.8 Å². The number of nitrogens with one attached hydrogen (secondary N) is 2. The van der Waals surface area contributed by atoms with Crippen LogP contribution in [0.25, 0.3) is 0 Å². The molecule has 0 bridgehead atoms. The van der Waals surface area contributed by atoms with Gasteiger partial charge in [0.2, 0.25) is 5.91 Å². The summed E-state index contributed by atoms with van der Waals surface area (Å²) in [5.74, 6) is 5.30. The molecule has 6 nitrogen and oxygen atoms in total. The predicted molar refractivity (Wildman–Crippen MR) is 145 cm³/mol. The van der Waals surface area contributed by atoms with E-state index in [9.17, 15) is 9.59 Å². The molecule has 0 unspecified atom stereocenters. The molecule has 0 aliphatic rings. The summed E-state index contributed by atoms with van der Waals surface area (Å²) < 4.78 is 10.8. The molecule has 31 heavy (non-hydrogen) atoms. The summed E-state index contributed by atoms with van der Waals surface area (Å²) >= 11 is 1.25. The number of carbonyl (C=O) groups is 2. The molecule has 0 aromatic rings. The summed E-state index contributed by atoms with van der Waals surface area (Å²) in [7, 11) is 7.74. The van der Waals surface area contributed by atoms with Crippen LogP contribution in [-0.2, 0) is 14.3 Å². The molecule has 0 aliphatic carbocycles. The molecule has 2 N–H and O–H groups in total. The van der Waals surface area contributed by atoms with Gasteiger partial charge in [0.05, 0.1) is 13.2 Å². The topological polar surface area (TPSA) is 76.7 Å². The molecule has 11 heteroatoms. The number of rotatable bonds is 23. The van der Waals surface area contributed by atoms with Crippen molar-refractivity contribution in [2.45, 2.75) is 52.4 Å². The van der Waals surface area contributed by atoms with Crippen molar-refractivity contribution in [3.8, 4) is 0 Å². The molecule has 0 aromatic heterocycles. The number of unbranched alkanes of at least 4 members (excludes halogenated alkanes) is 3. The molecule has 0 aromatic carbocycles. The normalized spacial score (nSPS) is 10.9. The highest BCUT2D eigenvalue weighted by molar-refractivity contribution is 8.77. The molecule has 0 atom stereocenters. The van der Waals surface area contributed by atoms with Gasteiger partial charge >= 0.3 is 0 Å². The van der Waals surface area contributed by atoms with Crippen LogP contribution in [0.5, 0.6) is 0 Å². The fourth-order valence-corrected chi connectivity index (χ4v) is 7.02. The van der Waals surface area contributed by atoms with E-state index in [4.69, 9.17) is 9.47 Å². The van der Waals surface area contributed by atoms with Gasteiger partial charge in [-0.1, -0.05) is 74.7 Å². The van der Waals surface area contributed by atoms with Crippen LogP contribution in [0.1, 0.15) is 52.4 Å². The van der Waals surface area contributed by atoms with Gasteiger partial charge in [-0.2, -0.15) is 0 Å². The average molecular weight is 533 g/mol.